The van der Waals surface area contributed by atoms with E-state index >= 15 is 0 Å². The van der Waals surface area contributed by atoms with Crippen molar-refractivity contribution in [3.63, 3.8) is 0 Å². The summed E-state index contributed by atoms with van der Waals surface area (Å²) >= 11 is 0. The smallest absolute Gasteiger partial charge is 0.191 e. The Hall–Kier alpha value is 0.571. The fourth-order valence-electron chi connectivity index (χ4n) is 1.74. The highest BCUT2D eigenvalue weighted by Gasteiger charge is 2.37. The Morgan fingerprint density at radius 1 is 1.00 bits per heavy atom. The van der Waals surface area contributed by atoms with Gasteiger partial charge in [-0.1, -0.05) is 20.8 Å². The van der Waals surface area contributed by atoms with Crippen LogP contribution in [0, 0.1) is 0 Å². The number of hydrogen-bond acceptors (Lipinski definition) is 2. The molecule has 0 amide bonds. The number of hydrogen-bond donors (Lipinski definition) is 0. The normalized spacial score (nSPS) is 14.3. The molecule has 0 N–H and O–H groups in total. The molecule has 0 radical (unpaired) electrons. The lowest BCUT2D eigenvalue weighted by Crippen LogP contribution is -2.41. The summed E-state index contributed by atoms with van der Waals surface area (Å²) in [6.45, 7) is 21.7. The van der Waals surface area contributed by atoms with E-state index in [9.17, 15) is 0 Å². The first-order chi connectivity index (χ1) is 7.87. The second kappa shape index (κ2) is 6.83. The van der Waals surface area contributed by atoms with E-state index in [4.69, 9.17) is 8.54 Å². The lowest BCUT2D eigenvalue weighted by Gasteiger charge is -2.36. The van der Waals surface area contributed by atoms with Crippen LogP contribution in [0.2, 0.25) is 50.4 Å². The van der Waals surface area contributed by atoms with Gasteiger partial charge in [0, 0.05) is 6.61 Å². The molecule has 0 spiro atoms. The van der Waals surface area contributed by atoms with Gasteiger partial charge in [0.1, 0.15) is 0 Å². The summed E-state index contributed by atoms with van der Waals surface area (Å²) in [4.78, 5) is 0. The van der Waals surface area contributed by atoms with Crippen LogP contribution in [0.1, 0.15) is 27.2 Å². The van der Waals surface area contributed by atoms with Gasteiger partial charge < -0.3 is 8.54 Å². The highest BCUT2D eigenvalue weighted by molar-refractivity contribution is 6.77. The molecule has 0 aliphatic carbocycles. The first-order valence-electron chi connectivity index (χ1n) is 7.19. The molecule has 0 saturated carbocycles. The van der Waals surface area contributed by atoms with Gasteiger partial charge >= 0.3 is 0 Å². The van der Waals surface area contributed by atoms with Crippen molar-refractivity contribution in [2.45, 2.75) is 77.6 Å². The van der Waals surface area contributed by atoms with E-state index in [2.05, 4.69) is 60.1 Å². The molecule has 0 unspecified atom stereocenters. The van der Waals surface area contributed by atoms with Gasteiger partial charge in [-0.2, -0.15) is 0 Å². The third-order valence-electron chi connectivity index (χ3n) is 3.75. The zero-order chi connectivity index (χ0) is 14.6. The lowest BCUT2D eigenvalue weighted by atomic mass is 10.2. The molecule has 0 rings (SSSR count). The maximum Gasteiger partial charge on any atom is 0.191 e. The van der Waals surface area contributed by atoms with Gasteiger partial charge in [-0.3, -0.25) is 0 Å². The van der Waals surface area contributed by atoms with E-state index in [1.165, 1.54) is 6.04 Å². The minimum atomic E-state index is -1.55. The monoisotopic (exact) mass is 306 g/mol. The Bertz CT molecular complexity index is 245. The second-order valence-electron chi connectivity index (χ2n) is 7.64. The van der Waals surface area contributed by atoms with Gasteiger partial charge in [0.15, 0.2) is 25.7 Å². The van der Waals surface area contributed by atoms with Crippen LogP contribution in [0.4, 0.5) is 0 Å². The summed E-state index contributed by atoms with van der Waals surface area (Å²) < 4.78 is 12.4. The molecule has 5 heteroatoms. The Labute approximate surface area is 118 Å². The average molecular weight is 307 g/mol. The van der Waals surface area contributed by atoms with Crippen LogP contribution in [-0.4, -0.2) is 32.3 Å². The minimum absolute atomic E-state index is 0.321. The first-order valence-corrected chi connectivity index (χ1v) is 16.0. The predicted octanol–water partition coefficient (Wildman–Crippen LogP) is 4.60. The number of rotatable bonds is 7. The van der Waals surface area contributed by atoms with Gasteiger partial charge in [-0.05, 0) is 56.8 Å². The summed E-state index contributed by atoms with van der Waals surface area (Å²) in [5.41, 5.74) is 0. The molecule has 0 saturated heterocycles. The predicted molar refractivity (Wildman–Crippen MR) is 90.0 cm³/mol. The van der Waals surface area contributed by atoms with E-state index in [0.29, 0.717) is 5.04 Å². The molecular weight excluding hydrogens is 272 g/mol. The van der Waals surface area contributed by atoms with E-state index in [1.54, 1.807) is 0 Å². The van der Waals surface area contributed by atoms with Crippen LogP contribution in [0.5, 0.6) is 0 Å². The van der Waals surface area contributed by atoms with Crippen molar-refractivity contribution in [2.24, 2.45) is 0 Å². The molecule has 0 atom stereocenters. The van der Waals surface area contributed by atoms with Crippen LogP contribution in [-0.2, 0) is 8.54 Å². The van der Waals surface area contributed by atoms with Crippen LogP contribution in [0.25, 0.3) is 0 Å². The van der Waals surface area contributed by atoms with Crippen molar-refractivity contribution in [3.05, 3.63) is 0 Å². The Kier molecular flexibility index (Phi) is 7.05. The van der Waals surface area contributed by atoms with Gasteiger partial charge in [0.25, 0.3) is 0 Å². The van der Waals surface area contributed by atoms with E-state index < -0.39 is 25.7 Å². The van der Waals surface area contributed by atoms with Crippen LogP contribution < -0.4 is 0 Å². The maximum absolute atomic E-state index is 6.21. The standard InChI is InChI=1S/C13H34O2Si3/c1-13(2,3)18(8,9)14-11-10-12-17(6,7)15-16(4)5/h16H,10-12H2,1-9H3. The third-order valence-corrected chi connectivity index (χ3v) is 14.3. The quantitative estimate of drug-likeness (QED) is 0.505. The van der Waals surface area contributed by atoms with Crippen LogP contribution in [0.3, 0.4) is 0 Å². The van der Waals surface area contributed by atoms with Crippen molar-refractivity contribution in [1.82, 2.24) is 0 Å². The van der Waals surface area contributed by atoms with E-state index in [-0.39, 0.29) is 0 Å². The molecule has 0 aromatic carbocycles. The van der Waals surface area contributed by atoms with Crippen molar-refractivity contribution in [3.8, 4) is 0 Å². The zero-order valence-corrected chi connectivity index (χ0v) is 17.2. The molecule has 0 aromatic rings. The molecule has 2 nitrogen and oxygen atoms in total. The Balaban J connectivity index is 4.01. The van der Waals surface area contributed by atoms with Gasteiger partial charge in [-0.15, -0.1) is 0 Å². The zero-order valence-electron chi connectivity index (χ0n) is 14.0. The highest BCUT2D eigenvalue weighted by Crippen LogP contribution is 2.36. The minimum Gasteiger partial charge on any atom is -0.458 e. The summed E-state index contributed by atoms with van der Waals surface area (Å²) in [5.74, 6) is 0. The molecular formula is C13H34O2Si3. The lowest BCUT2D eigenvalue weighted by molar-refractivity contribution is 0.286. The van der Waals surface area contributed by atoms with Crippen LogP contribution in [0.15, 0.2) is 0 Å². The molecule has 0 heterocycles. The first kappa shape index (κ1) is 18.6. The van der Waals surface area contributed by atoms with Crippen molar-refractivity contribution in [1.29, 1.82) is 0 Å². The topological polar surface area (TPSA) is 18.5 Å². The molecule has 0 fully saturated rings. The van der Waals surface area contributed by atoms with Crippen LogP contribution >= 0.6 is 0 Å². The molecule has 18 heavy (non-hydrogen) atoms. The largest absolute Gasteiger partial charge is 0.458 e. The average Bonchev–Trinajstić information content (AvgIpc) is 2.08. The summed E-state index contributed by atoms with van der Waals surface area (Å²) in [6.07, 6.45) is 1.16. The molecule has 110 valence electrons. The molecule has 0 aliphatic heterocycles. The second-order valence-corrected chi connectivity index (χ2v) is 19.5. The fourth-order valence-corrected chi connectivity index (χ4v) is 9.40. The fraction of sp³-hybridized carbons (Fsp3) is 1.00. The maximum atomic E-state index is 6.21. The third kappa shape index (κ3) is 7.23. The summed E-state index contributed by atoms with van der Waals surface area (Å²) in [6, 6.07) is 1.23. The summed E-state index contributed by atoms with van der Waals surface area (Å²) in [7, 11) is -3.84. The SMILES string of the molecule is C[SiH](C)O[Si](C)(C)CCCO[Si](C)(C)C(C)(C)C. The van der Waals surface area contributed by atoms with Gasteiger partial charge in [0.05, 0.1) is 0 Å². The molecule has 0 aromatic heterocycles. The van der Waals surface area contributed by atoms with Gasteiger partial charge in [-0.25, -0.2) is 0 Å². The molecule has 0 aliphatic rings. The summed E-state index contributed by atoms with van der Waals surface area (Å²) in [5, 5.41) is 0.321. The van der Waals surface area contributed by atoms with E-state index in [1.807, 2.05) is 0 Å². The Morgan fingerprint density at radius 3 is 1.89 bits per heavy atom. The molecule has 0 bridgehead atoms. The van der Waals surface area contributed by atoms with Gasteiger partial charge in [0.2, 0.25) is 0 Å². The Morgan fingerprint density at radius 2 is 1.50 bits per heavy atom. The van der Waals surface area contributed by atoms with Crippen molar-refractivity contribution in [2.75, 3.05) is 6.61 Å². The van der Waals surface area contributed by atoms with Crippen molar-refractivity contribution >= 4 is 25.7 Å². The van der Waals surface area contributed by atoms with E-state index in [0.717, 1.165) is 13.0 Å². The van der Waals surface area contributed by atoms with Crippen molar-refractivity contribution < 1.29 is 8.54 Å². The highest BCUT2D eigenvalue weighted by atomic mass is 28.4.